The smallest absolute Gasteiger partial charge is 0.161 e. The number of benzene rings is 2. The van der Waals surface area contributed by atoms with Gasteiger partial charge in [-0.15, -0.1) is 0 Å². The molecule has 0 radical (unpaired) electrons. The van der Waals surface area contributed by atoms with E-state index in [9.17, 15) is 5.11 Å². The van der Waals surface area contributed by atoms with E-state index >= 15 is 0 Å². The van der Waals surface area contributed by atoms with E-state index in [4.69, 9.17) is 9.47 Å². The van der Waals surface area contributed by atoms with Gasteiger partial charge >= 0.3 is 0 Å². The molecule has 3 nitrogen and oxygen atoms in total. The molecule has 2 aromatic carbocycles. The second kappa shape index (κ2) is 5.33. The van der Waals surface area contributed by atoms with Crippen molar-refractivity contribution >= 4 is 0 Å². The minimum absolute atomic E-state index is 0.324. The fourth-order valence-electron chi connectivity index (χ4n) is 2.21. The molecule has 0 saturated heterocycles. The van der Waals surface area contributed by atoms with Crippen LogP contribution in [0.15, 0.2) is 54.6 Å². The summed E-state index contributed by atoms with van der Waals surface area (Å²) in [5.74, 6) is 1.44. The van der Waals surface area contributed by atoms with Gasteiger partial charge in [-0.25, -0.2) is 0 Å². The number of hydrogen-bond donors (Lipinski definition) is 1. The molecule has 3 heteroatoms. The summed E-state index contributed by atoms with van der Waals surface area (Å²) in [4.78, 5) is 0. The van der Waals surface area contributed by atoms with Gasteiger partial charge in [0.25, 0.3) is 0 Å². The average molecular weight is 256 g/mol. The van der Waals surface area contributed by atoms with Crippen molar-refractivity contribution in [1.82, 2.24) is 0 Å². The van der Waals surface area contributed by atoms with E-state index in [1.54, 1.807) is 0 Å². The Morgan fingerprint density at radius 3 is 2.47 bits per heavy atom. The Morgan fingerprint density at radius 1 is 1.00 bits per heavy atom. The zero-order valence-electron chi connectivity index (χ0n) is 10.5. The minimum atomic E-state index is -0.573. The predicted molar refractivity (Wildman–Crippen MR) is 72.5 cm³/mol. The zero-order valence-corrected chi connectivity index (χ0v) is 10.5. The van der Waals surface area contributed by atoms with E-state index in [0.717, 1.165) is 11.3 Å². The first-order valence-electron chi connectivity index (χ1n) is 6.43. The van der Waals surface area contributed by atoms with Gasteiger partial charge in [0.1, 0.15) is 6.61 Å². The molecule has 0 fully saturated rings. The first-order chi connectivity index (χ1) is 9.33. The first-order valence-corrected chi connectivity index (χ1v) is 6.43. The van der Waals surface area contributed by atoms with E-state index in [1.165, 1.54) is 0 Å². The third-order valence-corrected chi connectivity index (χ3v) is 3.25. The molecule has 1 aliphatic heterocycles. The van der Waals surface area contributed by atoms with Crippen LogP contribution in [0.4, 0.5) is 0 Å². The second-order valence-electron chi connectivity index (χ2n) is 4.67. The molecule has 98 valence electrons. The number of aliphatic hydroxyl groups excluding tert-OH is 1. The Labute approximate surface area is 112 Å². The standard InChI is InChI=1S/C16H16O3/c17-13(10-12-6-2-1-3-7-12)16-11-18-14-8-4-5-9-15(14)19-16/h1-9,13,16-17H,10-11H2. The fraction of sp³-hybridized carbons (Fsp3) is 0.250. The van der Waals surface area contributed by atoms with Crippen molar-refractivity contribution in [1.29, 1.82) is 0 Å². The van der Waals surface area contributed by atoms with E-state index in [2.05, 4.69) is 0 Å². The summed E-state index contributed by atoms with van der Waals surface area (Å²) in [7, 11) is 0. The van der Waals surface area contributed by atoms with Crippen LogP contribution >= 0.6 is 0 Å². The molecule has 0 aliphatic carbocycles. The van der Waals surface area contributed by atoms with Crippen LogP contribution in [-0.4, -0.2) is 23.9 Å². The molecular weight excluding hydrogens is 240 g/mol. The molecule has 1 N–H and O–H groups in total. The number of hydrogen-bond acceptors (Lipinski definition) is 3. The summed E-state index contributed by atoms with van der Waals surface area (Å²) in [5.41, 5.74) is 1.09. The van der Waals surface area contributed by atoms with Gasteiger partial charge in [0, 0.05) is 6.42 Å². The third kappa shape index (κ3) is 2.71. The molecule has 2 atom stereocenters. The van der Waals surface area contributed by atoms with Gasteiger partial charge in [0.2, 0.25) is 0 Å². The molecule has 0 spiro atoms. The van der Waals surface area contributed by atoms with Gasteiger partial charge in [-0.3, -0.25) is 0 Å². The molecule has 3 rings (SSSR count). The van der Waals surface area contributed by atoms with Gasteiger partial charge in [-0.05, 0) is 17.7 Å². The first kappa shape index (κ1) is 12.1. The predicted octanol–water partition coefficient (Wildman–Crippen LogP) is 2.43. The normalized spacial score (nSPS) is 18.9. The van der Waals surface area contributed by atoms with Crippen molar-refractivity contribution in [3.63, 3.8) is 0 Å². The molecule has 0 bridgehead atoms. The Balaban J connectivity index is 1.68. The molecule has 2 aromatic rings. The lowest BCUT2D eigenvalue weighted by molar-refractivity contribution is -0.00941. The van der Waals surface area contributed by atoms with Crippen LogP contribution in [0.5, 0.6) is 11.5 Å². The van der Waals surface area contributed by atoms with Gasteiger partial charge in [0.05, 0.1) is 6.10 Å². The minimum Gasteiger partial charge on any atom is -0.486 e. The number of aliphatic hydroxyl groups is 1. The second-order valence-corrected chi connectivity index (χ2v) is 4.67. The lowest BCUT2D eigenvalue weighted by atomic mass is 10.0. The van der Waals surface area contributed by atoms with Gasteiger partial charge in [-0.1, -0.05) is 42.5 Å². The molecule has 1 heterocycles. The zero-order chi connectivity index (χ0) is 13.1. The Hall–Kier alpha value is -2.00. The van der Waals surface area contributed by atoms with Crippen molar-refractivity contribution in [2.75, 3.05) is 6.61 Å². The summed E-state index contributed by atoms with van der Waals surface area (Å²) in [6.45, 7) is 0.380. The van der Waals surface area contributed by atoms with Crippen molar-refractivity contribution < 1.29 is 14.6 Å². The monoisotopic (exact) mass is 256 g/mol. The lowest BCUT2D eigenvalue weighted by Gasteiger charge is -2.29. The molecule has 19 heavy (non-hydrogen) atoms. The van der Waals surface area contributed by atoms with Crippen molar-refractivity contribution in [2.24, 2.45) is 0 Å². The summed E-state index contributed by atoms with van der Waals surface area (Å²) >= 11 is 0. The lowest BCUT2D eigenvalue weighted by Crippen LogP contribution is -2.40. The van der Waals surface area contributed by atoms with Gasteiger partial charge in [-0.2, -0.15) is 0 Å². The third-order valence-electron chi connectivity index (χ3n) is 3.25. The summed E-state index contributed by atoms with van der Waals surface area (Å²) < 4.78 is 11.4. The van der Waals surface area contributed by atoms with E-state index in [1.807, 2.05) is 54.6 Å². The highest BCUT2D eigenvalue weighted by molar-refractivity contribution is 5.40. The summed E-state index contributed by atoms with van der Waals surface area (Å²) in [6.07, 6.45) is -0.331. The van der Waals surface area contributed by atoms with Crippen LogP contribution in [0.1, 0.15) is 5.56 Å². The van der Waals surface area contributed by atoms with Crippen LogP contribution in [0, 0.1) is 0 Å². The quantitative estimate of drug-likeness (QED) is 0.916. The van der Waals surface area contributed by atoms with E-state index < -0.39 is 6.10 Å². The maximum absolute atomic E-state index is 10.2. The van der Waals surface area contributed by atoms with Crippen LogP contribution in [0.3, 0.4) is 0 Å². The van der Waals surface area contributed by atoms with Crippen LogP contribution < -0.4 is 9.47 Å². The number of fused-ring (bicyclic) bond motifs is 1. The molecule has 2 unspecified atom stereocenters. The summed E-state index contributed by atoms with van der Waals surface area (Å²) in [6, 6.07) is 17.4. The van der Waals surface area contributed by atoms with Crippen LogP contribution in [0.25, 0.3) is 0 Å². The van der Waals surface area contributed by atoms with Gasteiger partial charge < -0.3 is 14.6 Å². The highest BCUT2D eigenvalue weighted by Gasteiger charge is 2.27. The number of rotatable bonds is 3. The van der Waals surface area contributed by atoms with Crippen molar-refractivity contribution in [2.45, 2.75) is 18.6 Å². The Morgan fingerprint density at radius 2 is 1.68 bits per heavy atom. The Bertz CT molecular complexity index is 539. The maximum Gasteiger partial charge on any atom is 0.161 e. The topological polar surface area (TPSA) is 38.7 Å². The molecule has 1 aliphatic rings. The fourth-order valence-corrected chi connectivity index (χ4v) is 2.21. The molecule has 0 saturated carbocycles. The highest BCUT2D eigenvalue weighted by atomic mass is 16.6. The summed E-state index contributed by atoms with van der Waals surface area (Å²) in [5, 5.41) is 10.2. The maximum atomic E-state index is 10.2. The van der Waals surface area contributed by atoms with Crippen molar-refractivity contribution in [3.05, 3.63) is 60.2 Å². The largest absolute Gasteiger partial charge is 0.486 e. The molecular formula is C16H16O3. The highest BCUT2D eigenvalue weighted by Crippen LogP contribution is 2.31. The van der Waals surface area contributed by atoms with Crippen LogP contribution in [0.2, 0.25) is 0 Å². The average Bonchev–Trinajstić information content (AvgIpc) is 2.48. The van der Waals surface area contributed by atoms with Crippen LogP contribution in [-0.2, 0) is 6.42 Å². The van der Waals surface area contributed by atoms with Gasteiger partial charge in [0.15, 0.2) is 17.6 Å². The van der Waals surface area contributed by atoms with E-state index in [0.29, 0.717) is 18.8 Å². The number of ether oxygens (including phenoxy) is 2. The SMILES string of the molecule is OC(Cc1ccccc1)C1COc2ccccc2O1. The molecule has 0 amide bonds. The van der Waals surface area contributed by atoms with E-state index in [-0.39, 0.29) is 6.10 Å². The van der Waals surface area contributed by atoms with Crippen molar-refractivity contribution in [3.8, 4) is 11.5 Å². The molecule has 0 aromatic heterocycles. The number of para-hydroxylation sites is 2. The Kier molecular flexibility index (Phi) is 3.38.